The zero-order valence-corrected chi connectivity index (χ0v) is 20.5. The lowest BCUT2D eigenvalue weighted by atomic mass is 9.98. The average Bonchev–Trinajstić information content (AvgIpc) is 3.38. The van der Waals surface area contributed by atoms with Crippen molar-refractivity contribution in [1.29, 1.82) is 0 Å². The maximum atomic E-state index is 13.8. The van der Waals surface area contributed by atoms with E-state index < -0.39 is 0 Å². The molecule has 1 amide bonds. The molecule has 1 saturated heterocycles. The summed E-state index contributed by atoms with van der Waals surface area (Å²) in [5, 5.41) is 2.23. The molecule has 7 heteroatoms. The van der Waals surface area contributed by atoms with Gasteiger partial charge in [0.15, 0.2) is 5.01 Å². The molecule has 2 aromatic carbocycles. The molecule has 0 radical (unpaired) electrons. The summed E-state index contributed by atoms with van der Waals surface area (Å²) in [5.74, 6) is 3.60. The highest BCUT2D eigenvalue weighted by molar-refractivity contribution is 7.10. The van der Waals surface area contributed by atoms with Gasteiger partial charge in [0.2, 0.25) is 0 Å². The molecule has 176 valence electrons. The average molecular weight is 476 g/mol. The maximum absolute atomic E-state index is 13.8. The van der Waals surface area contributed by atoms with E-state index in [-0.39, 0.29) is 18.0 Å². The van der Waals surface area contributed by atoms with Crippen LogP contribution in [0.2, 0.25) is 0 Å². The molecule has 1 unspecified atom stereocenters. The van der Waals surface area contributed by atoms with Crippen LogP contribution in [0, 0.1) is 12.3 Å². The van der Waals surface area contributed by atoms with Crippen molar-refractivity contribution >= 4 is 22.9 Å². The summed E-state index contributed by atoms with van der Waals surface area (Å²) in [6, 6.07) is 16.2. The summed E-state index contributed by atoms with van der Waals surface area (Å²) in [4.78, 5) is 22.5. The van der Waals surface area contributed by atoms with Crippen molar-refractivity contribution in [3.05, 3.63) is 70.2 Å². The zero-order chi connectivity index (χ0) is 24.1. The quantitative estimate of drug-likeness (QED) is 0.450. The number of aromatic nitrogens is 1. The molecule has 0 N–H and O–H groups in total. The van der Waals surface area contributed by atoms with Crippen LogP contribution in [0.15, 0.2) is 53.9 Å². The highest BCUT2D eigenvalue weighted by Crippen LogP contribution is 2.34. The molecule has 4 rings (SSSR count). The number of thiazole rings is 1. The van der Waals surface area contributed by atoms with E-state index in [9.17, 15) is 4.79 Å². The van der Waals surface area contributed by atoms with E-state index in [4.69, 9.17) is 15.9 Å². The van der Waals surface area contributed by atoms with Gasteiger partial charge >= 0.3 is 0 Å². The lowest BCUT2D eigenvalue weighted by Gasteiger charge is -2.41. The Balaban J connectivity index is 1.70. The first kappa shape index (κ1) is 23.8. The van der Waals surface area contributed by atoms with Crippen LogP contribution in [0.4, 0.5) is 5.69 Å². The fourth-order valence-corrected chi connectivity index (χ4v) is 5.07. The number of hydrogen-bond acceptors (Lipinski definition) is 6. The SMILES string of the molecule is C#Cc1nc(C(=O)N(c2cc(OC)cc(OC)c2)[C@@H]2CCCN(C(C)c3ccccc3)C2)cs1. The van der Waals surface area contributed by atoms with Crippen LogP contribution in [0.3, 0.4) is 0 Å². The molecule has 6 nitrogen and oxygen atoms in total. The van der Waals surface area contributed by atoms with E-state index in [2.05, 4.69) is 47.0 Å². The minimum Gasteiger partial charge on any atom is -0.497 e. The minimum absolute atomic E-state index is 0.0415. The predicted molar refractivity (Wildman–Crippen MR) is 136 cm³/mol. The number of amides is 1. The van der Waals surface area contributed by atoms with E-state index in [0.717, 1.165) is 31.6 Å². The lowest BCUT2D eigenvalue weighted by molar-refractivity contribution is 0.0935. The minimum atomic E-state index is -0.174. The van der Waals surface area contributed by atoms with Gasteiger partial charge in [-0.3, -0.25) is 9.69 Å². The molecule has 1 fully saturated rings. The van der Waals surface area contributed by atoms with Crippen molar-refractivity contribution < 1.29 is 14.3 Å². The number of terminal acetylenes is 1. The summed E-state index contributed by atoms with van der Waals surface area (Å²) in [7, 11) is 3.21. The van der Waals surface area contributed by atoms with Crippen molar-refractivity contribution in [2.45, 2.75) is 31.8 Å². The second-order valence-corrected chi connectivity index (χ2v) is 9.16. The van der Waals surface area contributed by atoms with E-state index in [1.165, 1.54) is 16.9 Å². The van der Waals surface area contributed by atoms with Crippen molar-refractivity contribution in [2.75, 3.05) is 32.2 Å². The summed E-state index contributed by atoms with van der Waals surface area (Å²) in [5.41, 5.74) is 2.34. The predicted octanol–water partition coefficient (Wildman–Crippen LogP) is 5.01. The smallest absolute Gasteiger partial charge is 0.278 e. The second kappa shape index (κ2) is 10.7. The van der Waals surface area contributed by atoms with Gasteiger partial charge in [-0.15, -0.1) is 17.8 Å². The molecule has 2 heterocycles. The van der Waals surface area contributed by atoms with E-state index in [0.29, 0.717) is 22.2 Å². The van der Waals surface area contributed by atoms with Crippen molar-refractivity contribution in [3.8, 4) is 23.8 Å². The van der Waals surface area contributed by atoms with Crippen LogP contribution in [-0.4, -0.2) is 49.1 Å². The first-order valence-electron chi connectivity index (χ1n) is 11.3. The normalized spacial score (nSPS) is 16.9. The monoisotopic (exact) mass is 475 g/mol. The molecule has 34 heavy (non-hydrogen) atoms. The number of piperidine rings is 1. The van der Waals surface area contributed by atoms with Gasteiger partial charge in [0.05, 0.1) is 25.9 Å². The van der Waals surface area contributed by atoms with E-state index in [1.807, 2.05) is 23.1 Å². The van der Waals surface area contributed by atoms with Crippen LogP contribution >= 0.6 is 11.3 Å². The molecule has 3 aromatic rings. The standard InChI is InChI=1S/C27H29N3O3S/c1-5-26-28-25(18-34-26)27(31)30(22-14-23(32-3)16-24(15-22)33-4)21-12-9-13-29(17-21)19(2)20-10-7-6-8-11-20/h1,6-8,10-11,14-16,18-19,21H,9,12-13,17H2,2-4H3/t19?,21-/m1/s1. The number of rotatable bonds is 7. The number of benzene rings is 2. The second-order valence-electron chi connectivity index (χ2n) is 8.31. The lowest BCUT2D eigenvalue weighted by Crippen LogP contribution is -2.51. The van der Waals surface area contributed by atoms with Crippen molar-refractivity contribution in [2.24, 2.45) is 0 Å². The van der Waals surface area contributed by atoms with Gasteiger partial charge in [0.1, 0.15) is 17.2 Å². The first-order valence-corrected chi connectivity index (χ1v) is 12.2. The molecule has 1 aromatic heterocycles. The molecule has 0 spiro atoms. The Bertz CT molecular complexity index is 1150. The fourth-order valence-electron chi connectivity index (χ4n) is 4.48. The summed E-state index contributed by atoms with van der Waals surface area (Å²) in [6.07, 6.45) is 7.38. The number of methoxy groups -OCH3 is 2. The van der Waals surface area contributed by atoms with E-state index in [1.54, 1.807) is 25.7 Å². The topological polar surface area (TPSA) is 54.9 Å². The van der Waals surface area contributed by atoms with Crippen LogP contribution in [0.5, 0.6) is 11.5 Å². The molecular weight excluding hydrogens is 446 g/mol. The third-order valence-electron chi connectivity index (χ3n) is 6.30. The Labute approximate surface area is 205 Å². The number of nitrogens with zero attached hydrogens (tertiary/aromatic N) is 3. The number of ether oxygens (including phenoxy) is 2. The number of hydrogen-bond donors (Lipinski definition) is 0. The number of likely N-dealkylation sites (tertiary alicyclic amines) is 1. The van der Waals surface area contributed by atoms with Gasteiger partial charge in [-0.05, 0) is 37.8 Å². The Morgan fingerprint density at radius 1 is 1.21 bits per heavy atom. The van der Waals surface area contributed by atoms with Gasteiger partial charge in [-0.25, -0.2) is 4.98 Å². The third-order valence-corrected chi connectivity index (χ3v) is 7.08. The van der Waals surface area contributed by atoms with E-state index >= 15 is 0 Å². The van der Waals surface area contributed by atoms with Crippen LogP contribution < -0.4 is 14.4 Å². The Morgan fingerprint density at radius 2 is 1.91 bits per heavy atom. The Morgan fingerprint density at radius 3 is 2.53 bits per heavy atom. The third kappa shape index (κ3) is 5.09. The van der Waals surface area contributed by atoms with Crippen molar-refractivity contribution in [3.63, 3.8) is 0 Å². The molecule has 1 aliphatic heterocycles. The summed E-state index contributed by atoms with van der Waals surface area (Å²) >= 11 is 1.30. The summed E-state index contributed by atoms with van der Waals surface area (Å²) < 4.78 is 11.0. The molecule has 0 aliphatic carbocycles. The summed E-state index contributed by atoms with van der Waals surface area (Å²) in [6.45, 7) is 3.94. The van der Waals surface area contributed by atoms with Gasteiger partial charge in [0, 0.05) is 36.2 Å². The molecule has 0 saturated carbocycles. The van der Waals surface area contributed by atoms with Crippen molar-refractivity contribution in [1.82, 2.24) is 9.88 Å². The Kier molecular flexibility index (Phi) is 7.51. The van der Waals surface area contributed by atoms with Crippen LogP contribution in [0.1, 0.15) is 46.9 Å². The maximum Gasteiger partial charge on any atom is 0.278 e. The van der Waals surface area contributed by atoms with Gasteiger partial charge in [0.25, 0.3) is 5.91 Å². The van der Waals surface area contributed by atoms with Crippen LogP contribution in [0.25, 0.3) is 0 Å². The van der Waals surface area contributed by atoms with Gasteiger partial charge in [-0.1, -0.05) is 30.3 Å². The fraction of sp³-hybridized carbons (Fsp3) is 0.333. The van der Waals surface area contributed by atoms with Crippen LogP contribution in [-0.2, 0) is 0 Å². The Hall–Kier alpha value is -3.34. The highest BCUT2D eigenvalue weighted by Gasteiger charge is 2.33. The van der Waals surface area contributed by atoms with Gasteiger partial charge in [-0.2, -0.15) is 0 Å². The molecule has 2 atom stereocenters. The highest BCUT2D eigenvalue weighted by atomic mass is 32.1. The van der Waals surface area contributed by atoms with Gasteiger partial charge < -0.3 is 14.4 Å². The zero-order valence-electron chi connectivity index (χ0n) is 19.7. The molecular formula is C27H29N3O3S. The molecule has 0 bridgehead atoms. The number of carbonyl (C=O) groups is 1. The number of carbonyl (C=O) groups excluding carboxylic acids is 1. The largest absolute Gasteiger partial charge is 0.497 e. The molecule has 1 aliphatic rings. The number of anilines is 1. The first-order chi connectivity index (χ1) is 16.5.